The third-order valence-electron chi connectivity index (χ3n) is 6.60. The summed E-state index contributed by atoms with van der Waals surface area (Å²) >= 11 is 0. The van der Waals surface area contributed by atoms with Gasteiger partial charge in [-0.15, -0.1) is 0 Å². The highest BCUT2D eigenvalue weighted by Crippen LogP contribution is 2.48. The standard InChI is InChI=1S/C23H37N5O3/c1-7-26(13-16(2)3)20(29)14-28-15-23(12-19(28)21-24-18(6)25-31-21)8-10-27(11-9-23)22(30)17(4)5/h17,19H,2,7-15H2,1,3-6H3. The number of likely N-dealkylation sites (tertiary alicyclic amines) is 2. The Labute approximate surface area is 185 Å². The van der Waals surface area contributed by atoms with E-state index in [2.05, 4.69) is 21.6 Å². The second-order valence-electron chi connectivity index (χ2n) is 9.65. The lowest BCUT2D eigenvalue weighted by Crippen LogP contribution is -2.46. The fraction of sp³-hybridized carbons (Fsp3) is 0.739. The molecule has 2 fully saturated rings. The molecule has 31 heavy (non-hydrogen) atoms. The van der Waals surface area contributed by atoms with Crippen molar-refractivity contribution in [2.45, 2.75) is 59.9 Å². The Morgan fingerprint density at radius 3 is 2.52 bits per heavy atom. The molecule has 1 atom stereocenters. The number of hydrogen-bond donors (Lipinski definition) is 0. The fourth-order valence-electron chi connectivity index (χ4n) is 4.91. The van der Waals surface area contributed by atoms with Crippen molar-refractivity contribution in [1.82, 2.24) is 24.8 Å². The van der Waals surface area contributed by atoms with Crippen molar-refractivity contribution in [3.8, 4) is 0 Å². The summed E-state index contributed by atoms with van der Waals surface area (Å²) in [5.74, 6) is 1.54. The van der Waals surface area contributed by atoms with E-state index in [-0.39, 0.29) is 29.2 Å². The van der Waals surface area contributed by atoms with Crippen LogP contribution in [0, 0.1) is 18.3 Å². The molecule has 2 amide bonds. The van der Waals surface area contributed by atoms with E-state index in [1.165, 1.54) is 0 Å². The normalized spacial score (nSPS) is 21.1. The second kappa shape index (κ2) is 9.51. The number of aryl methyl sites for hydroxylation is 1. The maximum Gasteiger partial charge on any atom is 0.244 e. The number of aromatic nitrogens is 2. The first-order chi connectivity index (χ1) is 14.6. The molecule has 1 aromatic rings. The van der Waals surface area contributed by atoms with E-state index in [9.17, 15) is 9.59 Å². The van der Waals surface area contributed by atoms with Gasteiger partial charge >= 0.3 is 0 Å². The Hall–Kier alpha value is -2.22. The number of carbonyl (C=O) groups excluding carboxylic acids is 2. The number of hydrogen-bond acceptors (Lipinski definition) is 6. The van der Waals surface area contributed by atoms with Gasteiger partial charge in [0.2, 0.25) is 17.7 Å². The van der Waals surface area contributed by atoms with Crippen LogP contribution in [0.2, 0.25) is 0 Å². The Balaban J connectivity index is 1.75. The van der Waals surface area contributed by atoms with E-state index < -0.39 is 0 Å². The molecule has 8 nitrogen and oxygen atoms in total. The molecule has 0 radical (unpaired) electrons. The van der Waals surface area contributed by atoms with Crippen LogP contribution in [-0.4, -0.2) is 75.9 Å². The van der Waals surface area contributed by atoms with Gasteiger partial charge in [-0.05, 0) is 45.4 Å². The van der Waals surface area contributed by atoms with Gasteiger partial charge in [-0.25, -0.2) is 0 Å². The number of rotatable bonds is 7. The lowest BCUT2D eigenvalue weighted by Gasteiger charge is -2.40. The van der Waals surface area contributed by atoms with Crippen LogP contribution in [-0.2, 0) is 9.59 Å². The van der Waals surface area contributed by atoms with Crippen molar-refractivity contribution >= 4 is 11.8 Å². The average Bonchev–Trinajstić information content (AvgIpc) is 3.29. The first-order valence-corrected chi connectivity index (χ1v) is 11.4. The maximum absolute atomic E-state index is 13.1. The van der Waals surface area contributed by atoms with E-state index in [1.807, 2.05) is 44.4 Å². The summed E-state index contributed by atoms with van der Waals surface area (Å²) < 4.78 is 5.53. The third kappa shape index (κ3) is 5.34. The molecule has 0 bridgehead atoms. The van der Waals surface area contributed by atoms with Crippen LogP contribution in [0.25, 0.3) is 0 Å². The molecular formula is C23H37N5O3. The quantitative estimate of drug-likeness (QED) is 0.618. The fourth-order valence-corrected chi connectivity index (χ4v) is 4.91. The van der Waals surface area contributed by atoms with Gasteiger partial charge in [-0.3, -0.25) is 14.5 Å². The highest BCUT2D eigenvalue weighted by Gasteiger charge is 2.48. The summed E-state index contributed by atoms with van der Waals surface area (Å²) in [4.78, 5) is 36.0. The highest BCUT2D eigenvalue weighted by molar-refractivity contribution is 5.79. The zero-order valence-electron chi connectivity index (χ0n) is 19.7. The van der Waals surface area contributed by atoms with Crippen LogP contribution < -0.4 is 0 Å². The zero-order valence-corrected chi connectivity index (χ0v) is 19.7. The molecule has 2 aliphatic rings. The maximum atomic E-state index is 13.1. The summed E-state index contributed by atoms with van der Waals surface area (Å²) in [7, 11) is 0. The van der Waals surface area contributed by atoms with Crippen molar-refractivity contribution in [2.24, 2.45) is 11.3 Å². The molecule has 3 rings (SSSR count). The van der Waals surface area contributed by atoms with Crippen LogP contribution in [0.5, 0.6) is 0 Å². The van der Waals surface area contributed by atoms with Gasteiger partial charge in [0.15, 0.2) is 5.82 Å². The lowest BCUT2D eigenvalue weighted by molar-refractivity contribution is -0.136. The van der Waals surface area contributed by atoms with Gasteiger partial charge in [0.1, 0.15) is 0 Å². The predicted octanol–water partition coefficient (Wildman–Crippen LogP) is 2.81. The topological polar surface area (TPSA) is 82.8 Å². The Bertz CT molecular complexity index is 810. The molecule has 0 aliphatic carbocycles. The highest BCUT2D eigenvalue weighted by atomic mass is 16.5. The summed E-state index contributed by atoms with van der Waals surface area (Å²) in [6, 6.07) is -0.0685. The van der Waals surface area contributed by atoms with Gasteiger partial charge in [0.25, 0.3) is 0 Å². The molecule has 1 aromatic heterocycles. The Morgan fingerprint density at radius 2 is 2.00 bits per heavy atom. The van der Waals surface area contributed by atoms with Crippen LogP contribution >= 0.6 is 0 Å². The first-order valence-electron chi connectivity index (χ1n) is 11.4. The number of likely N-dealkylation sites (N-methyl/N-ethyl adjacent to an activating group) is 1. The second-order valence-corrected chi connectivity index (χ2v) is 9.65. The van der Waals surface area contributed by atoms with Gasteiger partial charge in [0, 0.05) is 38.6 Å². The van der Waals surface area contributed by atoms with E-state index in [0.29, 0.717) is 31.3 Å². The molecule has 2 saturated heterocycles. The average molecular weight is 432 g/mol. The molecule has 172 valence electrons. The molecule has 0 saturated carbocycles. The summed E-state index contributed by atoms with van der Waals surface area (Å²) in [6.45, 7) is 17.5. The largest absolute Gasteiger partial charge is 0.342 e. The molecule has 0 aromatic carbocycles. The summed E-state index contributed by atoms with van der Waals surface area (Å²) in [5.41, 5.74) is 1.03. The van der Waals surface area contributed by atoms with Crippen LogP contribution in [0.4, 0.5) is 0 Å². The van der Waals surface area contributed by atoms with Crippen LogP contribution in [0.1, 0.15) is 64.7 Å². The van der Waals surface area contributed by atoms with Crippen molar-refractivity contribution < 1.29 is 14.1 Å². The van der Waals surface area contributed by atoms with E-state index in [4.69, 9.17) is 4.52 Å². The molecule has 8 heteroatoms. The molecular weight excluding hydrogens is 394 g/mol. The summed E-state index contributed by atoms with van der Waals surface area (Å²) in [6.07, 6.45) is 2.74. The zero-order chi connectivity index (χ0) is 22.8. The summed E-state index contributed by atoms with van der Waals surface area (Å²) in [5, 5.41) is 3.98. The predicted molar refractivity (Wildman–Crippen MR) is 118 cm³/mol. The van der Waals surface area contributed by atoms with Crippen LogP contribution in [0.3, 0.4) is 0 Å². The minimum atomic E-state index is -0.0685. The molecule has 2 aliphatic heterocycles. The number of amides is 2. The lowest BCUT2D eigenvalue weighted by atomic mass is 9.76. The Morgan fingerprint density at radius 1 is 1.32 bits per heavy atom. The third-order valence-corrected chi connectivity index (χ3v) is 6.60. The van der Waals surface area contributed by atoms with E-state index in [0.717, 1.165) is 44.5 Å². The van der Waals surface area contributed by atoms with Crippen LogP contribution in [0.15, 0.2) is 16.7 Å². The van der Waals surface area contributed by atoms with Crippen molar-refractivity contribution in [3.05, 3.63) is 23.9 Å². The van der Waals surface area contributed by atoms with Gasteiger partial charge < -0.3 is 14.3 Å². The van der Waals surface area contributed by atoms with Crippen molar-refractivity contribution in [3.63, 3.8) is 0 Å². The molecule has 3 heterocycles. The number of nitrogens with zero attached hydrogens (tertiary/aromatic N) is 5. The molecule has 0 N–H and O–H groups in total. The number of piperidine rings is 1. The SMILES string of the molecule is C=C(C)CN(CC)C(=O)CN1CC2(CCN(C(=O)C(C)C)CC2)CC1c1nc(C)no1. The monoisotopic (exact) mass is 431 g/mol. The molecule has 1 unspecified atom stereocenters. The van der Waals surface area contributed by atoms with Gasteiger partial charge in [0.05, 0.1) is 12.6 Å². The smallest absolute Gasteiger partial charge is 0.244 e. The van der Waals surface area contributed by atoms with Crippen molar-refractivity contribution in [2.75, 3.05) is 39.3 Å². The van der Waals surface area contributed by atoms with Crippen molar-refractivity contribution in [1.29, 1.82) is 0 Å². The van der Waals surface area contributed by atoms with E-state index in [1.54, 1.807) is 0 Å². The molecule has 1 spiro atoms. The van der Waals surface area contributed by atoms with Gasteiger partial charge in [-0.1, -0.05) is 31.2 Å². The van der Waals surface area contributed by atoms with Gasteiger partial charge in [-0.2, -0.15) is 4.98 Å². The first kappa shape index (κ1) is 23.4. The number of carbonyl (C=O) groups is 2. The Kier molecular flexibility index (Phi) is 7.19. The minimum Gasteiger partial charge on any atom is -0.342 e. The van der Waals surface area contributed by atoms with E-state index >= 15 is 0 Å². The minimum absolute atomic E-state index is 0.0224.